The minimum atomic E-state index is -4.41. The molecule has 0 aliphatic heterocycles. The molecular formula is C23H18ClF3N4O. The quantitative estimate of drug-likeness (QED) is 0.382. The first-order chi connectivity index (χ1) is 15.1. The average molecular weight is 459 g/mol. The van der Waals surface area contributed by atoms with Crippen molar-refractivity contribution in [2.45, 2.75) is 19.1 Å². The fourth-order valence-electron chi connectivity index (χ4n) is 3.36. The van der Waals surface area contributed by atoms with Crippen LogP contribution in [-0.4, -0.2) is 32.2 Å². The minimum Gasteiger partial charge on any atom is -0.334 e. The van der Waals surface area contributed by atoms with Crippen LogP contribution >= 0.6 is 11.6 Å². The minimum absolute atomic E-state index is 0.187. The first-order valence-corrected chi connectivity index (χ1v) is 10.1. The maximum absolute atomic E-state index is 13.1. The lowest BCUT2D eigenvalue weighted by Crippen LogP contribution is -2.30. The number of amides is 1. The van der Waals surface area contributed by atoms with E-state index < -0.39 is 11.7 Å². The monoisotopic (exact) mass is 458 g/mol. The second-order valence-electron chi connectivity index (χ2n) is 7.36. The van der Waals surface area contributed by atoms with Crippen LogP contribution in [0, 0.1) is 0 Å². The molecule has 0 fully saturated rings. The number of halogens is 4. The lowest BCUT2D eigenvalue weighted by Gasteiger charge is -2.25. The van der Waals surface area contributed by atoms with Gasteiger partial charge in [-0.05, 0) is 36.8 Å². The number of rotatable bonds is 4. The standard InChI is InChI=1S/C23H18ClF3N4O/c1-14(15-5-9-18(24)10-6-15)30(2)22(32)19-13-31-20(11-29-21(31)12-28-19)16-3-7-17(8-4-16)23(25,26)27/h3-14H,1-2H3. The van der Waals surface area contributed by atoms with Gasteiger partial charge in [-0.1, -0.05) is 35.9 Å². The van der Waals surface area contributed by atoms with Crippen molar-refractivity contribution in [1.82, 2.24) is 19.3 Å². The van der Waals surface area contributed by atoms with Crippen molar-refractivity contribution in [3.8, 4) is 11.3 Å². The van der Waals surface area contributed by atoms with E-state index in [-0.39, 0.29) is 17.6 Å². The summed E-state index contributed by atoms with van der Waals surface area (Å²) < 4.78 is 40.2. The maximum Gasteiger partial charge on any atom is 0.416 e. The van der Waals surface area contributed by atoms with Crippen LogP contribution in [0.5, 0.6) is 0 Å². The first kappa shape index (κ1) is 21.8. The van der Waals surface area contributed by atoms with E-state index in [0.717, 1.165) is 17.7 Å². The second kappa shape index (κ2) is 8.27. The number of hydrogen-bond acceptors (Lipinski definition) is 3. The van der Waals surface area contributed by atoms with E-state index in [1.165, 1.54) is 24.5 Å². The predicted molar refractivity (Wildman–Crippen MR) is 115 cm³/mol. The molecular weight excluding hydrogens is 441 g/mol. The highest BCUT2D eigenvalue weighted by Gasteiger charge is 2.30. The van der Waals surface area contributed by atoms with E-state index in [1.54, 1.807) is 34.7 Å². The van der Waals surface area contributed by atoms with Gasteiger partial charge in [0.1, 0.15) is 5.69 Å². The summed E-state index contributed by atoms with van der Waals surface area (Å²) >= 11 is 5.94. The molecule has 0 aliphatic rings. The van der Waals surface area contributed by atoms with E-state index in [1.807, 2.05) is 19.1 Å². The Morgan fingerprint density at radius 3 is 2.31 bits per heavy atom. The third-order valence-electron chi connectivity index (χ3n) is 5.38. The van der Waals surface area contributed by atoms with E-state index >= 15 is 0 Å². The van der Waals surface area contributed by atoms with Crippen LogP contribution in [-0.2, 0) is 6.18 Å². The molecule has 164 valence electrons. The Hall–Kier alpha value is -3.39. The zero-order valence-electron chi connectivity index (χ0n) is 17.1. The summed E-state index contributed by atoms with van der Waals surface area (Å²) in [6.45, 7) is 1.89. The molecule has 1 unspecified atom stereocenters. The van der Waals surface area contributed by atoms with Crippen LogP contribution in [0.1, 0.15) is 34.6 Å². The van der Waals surface area contributed by atoms with Crippen molar-refractivity contribution in [3.63, 3.8) is 0 Å². The van der Waals surface area contributed by atoms with Crippen molar-refractivity contribution < 1.29 is 18.0 Å². The third kappa shape index (κ3) is 4.18. The molecule has 5 nitrogen and oxygen atoms in total. The summed E-state index contributed by atoms with van der Waals surface area (Å²) in [6.07, 6.45) is 0.130. The number of nitrogens with zero attached hydrogens (tertiary/aromatic N) is 4. The summed E-state index contributed by atoms with van der Waals surface area (Å²) in [5, 5.41) is 0.609. The molecule has 2 aromatic carbocycles. The summed E-state index contributed by atoms with van der Waals surface area (Å²) in [7, 11) is 1.68. The average Bonchev–Trinajstić information content (AvgIpc) is 3.21. The lowest BCUT2D eigenvalue weighted by atomic mass is 10.1. The molecule has 32 heavy (non-hydrogen) atoms. The summed E-state index contributed by atoms with van der Waals surface area (Å²) in [4.78, 5) is 23.1. The number of hydrogen-bond donors (Lipinski definition) is 0. The van der Waals surface area contributed by atoms with Gasteiger partial charge in [0.2, 0.25) is 0 Å². The number of carbonyl (C=O) groups is 1. The van der Waals surface area contributed by atoms with Gasteiger partial charge in [-0.2, -0.15) is 13.2 Å². The number of fused-ring (bicyclic) bond motifs is 1. The van der Waals surface area contributed by atoms with E-state index in [0.29, 0.717) is 21.9 Å². The van der Waals surface area contributed by atoms with Gasteiger partial charge < -0.3 is 4.90 Å². The largest absolute Gasteiger partial charge is 0.416 e. The SMILES string of the molecule is CC(c1ccc(Cl)cc1)N(C)C(=O)c1cn2c(-c3ccc(C(F)(F)F)cc3)cnc2cn1. The van der Waals surface area contributed by atoms with Crippen LogP contribution in [0.25, 0.3) is 16.9 Å². The molecule has 2 aromatic heterocycles. The van der Waals surface area contributed by atoms with Gasteiger partial charge in [0.25, 0.3) is 5.91 Å². The zero-order chi connectivity index (χ0) is 23.0. The van der Waals surface area contributed by atoms with Crippen molar-refractivity contribution in [1.29, 1.82) is 0 Å². The molecule has 0 saturated heterocycles. The van der Waals surface area contributed by atoms with Crippen LogP contribution in [0.2, 0.25) is 5.02 Å². The molecule has 0 bridgehead atoms. The zero-order valence-corrected chi connectivity index (χ0v) is 17.9. The van der Waals surface area contributed by atoms with Gasteiger partial charge in [0, 0.05) is 23.8 Å². The fourth-order valence-corrected chi connectivity index (χ4v) is 3.49. The van der Waals surface area contributed by atoms with Gasteiger partial charge in [-0.15, -0.1) is 0 Å². The highest BCUT2D eigenvalue weighted by atomic mass is 35.5. The normalized spacial score (nSPS) is 12.7. The van der Waals surface area contributed by atoms with E-state index in [4.69, 9.17) is 11.6 Å². The second-order valence-corrected chi connectivity index (χ2v) is 7.80. The van der Waals surface area contributed by atoms with Crippen molar-refractivity contribution in [3.05, 3.63) is 89.0 Å². The van der Waals surface area contributed by atoms with Gasteiger partial charge in [0.05, 0.1) is 29.7 Å². The molecule has 0 N–H and O–H groups in total. The third-order valence-corrected chi connectivity index (χ3v) is 5.63. The van der Waals surface area contributed by atoms with Crippen molar-refractivity contribution in [2.75, 3.05) is 7.05 Å². The lowest BCUT2D eigenvalue weighted by molar-refractivity contribution is -0.137. The molecule has 2 heterocycles. The summed E-state index contributed by atoms with van der Waals surface area (Å²) in [5.74, 6) is -0.304. The number of alkyl halides is 3. The van der Waals surface area contributed by atoms with E-state index in [2.05, 4.69) is 9.97 Å². The molecule has 4 aromatic rings. The summed E-state index contributed by atoms with van der Waals surface area (Å²) in [5.41, 5.74) is 1.94. The van der Waals surface area contributed by atoms with Gasteiger partial charge in [-0.25, -0.2) is 9.97 Å². The fraction of sp³-hybridized carbons (Fsp3) is 0.174. The van der Waals surface area contributed by atoms with Gasteiger partial charge >= 0.3 is 6.18 Å². The molecule has 1 amide bonds. The van der Waals surface area contributed by atoms with Crippen LogP contribution in [0.3, 0.4) is 0 Å². The molecule has 0 spiro atoms. The van der Waals surface area contributed by atoms with Crippen LogP contribution in [0.15, 0.2) is 67.1 Å². The van der Waals surface area contributed by atoms with Gasteiger partial charge in [0.15, 0.2) is 5.65 Å². The Bertz CT molecular complexity index is 1270. The molecule has 9 heteroatoms. The molecule has 1 atom stereocenters. The smallest absolute Gasteiger partial charge is 0.334 e. The molecule has 4 rings (SSSR count). The van der Waals surface area contributed by atoms with Crippen molar-refractivity contribution >= 4 is 23.2 Å². The van der Waals surface area contributed by atoms with Crippen molar-refractivity contribution in [2.24, 2.45) is 0 Å². The van der Waals surface area contributed by atoms with E-state index in [9.17, 15) is 18.0 Å². The van der Waals surface area contributed by atoms with Gasteiger partial charge in [-0.3, -0.25) is 9.20 Å². The Kier molecular flexibility index (Phi) is 5.64. The molecule has 0 radical (unpaired) electrons. The number of aromatic nitrogens is 3. The number of imidazole rings is 1. The van der Waals surface area contributed by atoms with Crippen LogP contribution < -0.4 is 0 Å². The highest BCUT2D eigenvalue weighted by Crippen LogP contribution is 2.31. The maximum atomic E-state index is 13.1. The first-order valence-electron chi connectivity index (χ1n) is 9.68. The topological polar surface area (TPSA) is 50.5 Å². The van der Waals surface area contributed by atoms with Crippen LogP contribution in [0.4, 0.5) is 13.2 Å². The molecule has 0 saturated carbocycles. The Morgan fingerprint density at radius 2 is 1.69 bits per heavy atom. The summed E-state index contributed by atoms with van der Waals surface area (Å²) in [6, 6.07) is 11.8. The Morgan fingerprint density at radius 1 is 1.03 bits per heavy atom. The highest BCUT2D eigenvalue weighted by molar-refractivity contribution is 6.30. The number of carbonyl (C=O) groups excluding carboxylic acids is 1. The number of benzene rings is 2. The Labute approximate surface area is 187 Å². The Balaban J connectivity index is 1.64. The molecule has 0 aliphatic carbocycles. The predicted octanol–water partition coefficient (Wildman–Crippen LogP) is 5.90.